The summed E-state index contributed by atoms with van der Waals surface area (Å²) in [5.74, 6) is 0.00456. The molecule has 0 saturated heterocycles. The van der Waals surface area contributed by atoms with Gasteiger partial charge in [0, 0.05) is 0 Å². The van der Waals surface area contributed by atoms with Crippen molar-refractivity contribution in [3.8, 4) is 0 Å². The molecule has 0 aromatic rings. The summed E-state index contributed by atoms with van der Waals surface area (Å²) in [7, 11) is 0. The van der Waals surface area contributed by atoms with E-state index in [1.807, 2.05) is 6.92 Å². The third kappa shape index (κ3) is 9.51. The van der Waals surface area contributed by atoms with Gasteiger partial charge in [-0.25, -0.2) is 0 Å². The standard InChI is InChI=1S/C35H49F3O3/c1-7-23(4)18-24(5)30(19-25(6)31-21-32(31)34(39)40-9-3)28-13-11-10-12-27(8-2)33(20-28)41-22-26-14-16-29(17-15-26)35(36,37)38/h11,13,18-20,23,26,29,31-32H,6-10,12,14-17,21-22H2,1-5H3/b13-11-,24-18-,28-20+,30-19+,33-27+/t23?,26-,29-,31?,32-/m1/s1. The molecule has 6 heteroatoms. The van der Waals surface area contributed by atoms with Crippen LogP contribution in [-0.2, 0) is 14.3 Å². The molecule has 2 unspecified atom stereocenters. The number of ether oxygens (including phenoxy) is 2. The van der Waals surface area contributed by atoms with Gasteiger partial charge in [-0.15, -0.1) is 0 Å². The SMILES string of the molecule is C=C(/C=C(C(\C)=C/C(C)CC)/C1=C/C(OC[C@H]2CC[C@H](C(F)(F)F)CC2)=C(/CC)CC/C=C\1)C1C[C@H]1C(=O)OCC. The van der Waals surface area contributed by atoms with Crippen molar-refractivity contribution in [2.45, 2.75) is 98.6 Å². The molecule has 0 spiro atoms. The smallest absolute Gasteiger partial charge is 0.391 e. The van der Waals surface area contributed by atoms with Gasteiger partial charge in [0.15, 0.2) is 0 Å². The Morgan fingerprint density at radius 2 is 1.85 bits per heavy atom. The number of allylic oxidation sites excluding steroid dienone is 10. The van der Waals surface area contributed by atoms with Crippen LogP contribution in [0.1, 0.15) is 92.4 Å². The van der Waals surface area contributed by atoms with Crippen LogP contribution in [0.4, 0.5) is 13.2 Å². The number of hydrogen-bond donors (Lipinski definition) is 0. The fourth-order valence-corrected chi connectivity index (χ4v) is 5.88. The molecule has 3 atom stereocenters. The predicted molar refractivity (Wildman–Crippen MR) is 160 cm³/mol. The number of alkyl halides is 3. The zero-order valence-corrected chi connectivity index (χ0v) is 25.6. The normalized spacial score (nSPS) is 30.4. The zero-order chi connectivity index (χ0) is 30.2. The van der Waals surface area contributed by atoms with Gasteiger partial charge in [-0.1, -0.05) is 63.6 Å². The molecular formula is C35H49F3O3. The summed E-state index contributed by atoms with van der Waals surface area (Å²) >= 11 is 0. The number of carbonyl (C=O) groups excluding carboxylic acids is 1. The first-order chi connectivity index (χ1) is 19.5. The molecule has 3 nitrogen and oxygen atoms in total. The molecule has 0 amide bonds. The summed E-state index contributed by atoms with van der Waals surface area (Å²) in [6.07, 6.45) is 12.6. The van der Waals surface area contributed by atoms with Gasteiger partial charge in [-0.2, -0.15) is 13.2 Å². The summed E-state index contributed by atoms with van der Waals surface area (Å²) in [5.41, 5.74) is 5.38. The average Bonchev–Trinajstić information content (AvgIpc) is 3.73. The van der Waals surface area contributed by atoms with Crippen LogP contribution < -0.4 is 0 Å². The highest BCUT2D eigenvalue weighted by Gasteiger charge is 2.45. The van der Waals surface area contributed by atoms with Crippen LogP contribution in [-0.4, -0.2) is 25.4 Å². The zero-order valence-electron chi connectivity index (χ0n) is 25.6. The first-order valence-electron chi connectivity index (χ1n) is 15.5. The third-order valence-electron chi connectivity index (χ3n) is 8.86. The van der Waals surface area contributed by atoms with Gasteiger partial charge in [0.2, 0.25) is 0 Å². The summed E-state index contributed by atoms with van der Waals surface area (Å²) in [5, 5.41) is 0. The van der Waals surface area contributed by atoms with Gasteiger partial charge >= 0.3 is 12.1 Å². The van der Waals surface area contributed by atoms with Crippen LogP contribution >= 0.6 is 0 Å². The van der Waals surface area contributed by atoms with E-state index in [4.69, 9.17) is 9.47 Å². The Morgan fingerprint density at radius 1 is 1.15 bits per heavy atom. The molecule has 0 heterocycles. The highest BCUT2D eigenvalue weighted by Crippen LogP contribution is 2.46. The summed E-state index contributed by atoms with van der Waals surface area (Å²) < 4.78 is 51.2. The van der Waals surface area contributed by atoms with Crippen molar-refractivity contribution >= 4 is 5.97 Å². The van der Waals surface area contributed by atoms with Crippen molar-refractivity contribution in [2.75, 3.05) is 13.2 Å². The van der Waals surface area contributed by atoms with E-state index in [-0.39, 0.29) is 36.6 Å². The fraction of sp³-hybridized carbons (Fsp3) is 0.629. The van der Waals surface area contributed by atoms with E-state index < -0.39 is 12.1 Å². The molecule has 0 aliphatic heterocycles. The van der Waals surface area contributed by atoms with E-state index in [2.05, 4.69) is 64.7 Å². The minimum Gasteiger partial charge on any atom is -0.493 e. The maximum atomic E-state index is 13.2. The fourth-order valence-electron chi connectivity index (χ4n) is 5.88. The molecule has 3 aliphatic carbocycles. The van der Waals surface area contributed by atoms with E-state index >= 15 is 0 Å². The third-order valence-corrected chi connectivity index (χ3v) is 8.86. The van der Waals surface area contributed by atoms with Crippen molar-refractivity contribution in [2.24, 2.45) is 29.6 Å². The molecule has 2 fully saturated rings. The van der Waals surface area contributed by atoms with Gasteiger partial charge in [0.1, 0.15) is 5.76 Å². The predicted octanol–water partition coefficient (Wildman–Crippen LogP) is 9.99. The Morgan fingerprint density at radius 3 is 2.46 bits per heavy atom. The van der Waals surface area contributed by atoms with Gasteiger partial charge < -0.3 is 9.47 Å². The van der Waals surface area contributed by atoms with E-state index in [1.165, 1.54) is 5.57 Å². The largest absolute Gasteiger partial charge is 0.493 e. The molecular weight excluding hydrogens is 525 g/mol. The second-order valence-electron chi connectivity index (χ2n) is 12.0. The highest BCUT2D eigenvalue weighted by atomic mass is 19.4. The monoisotopic (exact) mass is 574 g/mol. The van der Waals surface area contributed by atoms with Crippen LogP contribution in [0.2, 0.25) is 0 Å². The maximum Gasteiger partial charge on any atom is 0.391 e. The number of hydrogen-bond acceptors (Lipinski definition) is 3. The first-order valence-corrected chi connectivity index (χ1v) is 15.5. The van der Waals surface area contributed by atoms with E-state index in [9.17, 15) is 18.0 Å². The van der Waals surface area contributed by atoms with Crippen molar-refractivity contribution in [3.05, 3.63) is 70.6 Å². The van der Waals surface area contributed by atoms with Gasteiger partial charge in [-0.3, -0.25) is 4.79 Å². The summed E-state index contributed by atoms with van der Waals surface area (Å²) in [6, 6.07) is 0. The second kappa shape index (κ2) is 15.1. The Hall–Kier alpha value is -2.50. The van der Waals surface area contributed by atoms with E-state index in [1.54, 1.807) is 0 Å². The van der Waals surface area contributed by atoms with Crippen LogP contribution in [0.15, 0.2) is 70.6 Å². The van der Waals surface area contributed by atoms with Crippen LogP contribution in [0.25, 0.3) is 0 Å². The second-order valence-corrected chi connectivity index (χ2v) is 12.0. The van der Waals surface area contributed by atoms with Crippen molar-refractivity contribution < 1.29 is 27.4 Å². The van der Waals surface area contributed by atoms with E-state index in [0.29, 0.717) is 32.0 Å². The lowest BCUT2D eigenvalue weighted by molar-refractivity contribution is -0.184. The van der Waals surface area contributed by atoms with Gasteiger partial charge in [0.25, 0.3) is 0 Å². The molecule has 228 valence electrons. The number of carbonyl (C=O) groups is 1. The average molecular weight is 575 g/mol. The van der Waals surface area contributed by atoms with E-state index in [0.717, 1.165) is 60.2 Å². The summed E-state index contributed by atoms with van der Waals surface area (Å²) in [4.78, 5) is 12.3. The molecule has 3 aliphatic rings. The Bertz CT molecular complexity index is 1080. The molecule has 0 radical (unpaired) electrons. The maximum absolute atomic E-state index is 13.2. The Balaban J connectivity index is 1.88. The lowest BCUT2D eigenvalue weighted by atomic mass is 9.82. The van der Waals surface area contributed by atoms with Gasteiger partial charge in [-0.05, 0) is 111 Å². The van der Waals surface area contributed by atoms with Crippen molar-refractivity contribution in [1.29, 1.82) is 0 Å². The quantitative estimate of drug-likeness (QED) is 0.172. The molecule has 0 bridgehead atoms. The van der Waals surface area contributed by atoms with Crippen LogP contribution in [0, 0.1) is 29.6 Å². The molecule has 0 aromatic carbocycles. The minimum absolute atomic E-state index is 0.0860. The number of esters is 1. The number of halogens is 3. The molecule has 0 N–H and O–H groups in total. The van der Waals surface area contributed by atoms with Crippen molar-refractivity contribution in [1.82, 2.24) is 0 Å². The molecule has 2 saturated carbocycles. The van der Waals surface area contributed by atoms with Crippen LogP contribution in [0.3, 0.4) is 0 Å². The lowest BCUT2D eigenvalue weighted by Crippen LogP contribution is -2.29. The first kappa shape index (κ1) is 33.0. The summed E-state index contributed by atoms with van der Waals surface area (Å²) in [6.45, 7) is 15.6. The molecule has 0 aromatic heterocycles. The number of rotatable bonds is 12. The van der Waals surface area contributed by atoms with Gasteiger partial charge in [0.05, 0.1) is 25.0 Å². The van der Waals surface area contributed by atoms with Crippen LogP contribution in [0.5, 0.6) is 0 Å². The highest BCUT2D eigenvalue weighted by molar-refractivity contribution is 5.77. The lowest BCUT2D eigenvalue weighted by Gasteiger charge is -2.30. The van der Waals surface area contributed by atoms with Crippen molar-refractivity contribution in [3.63, 3.8) is 0 Å². The molecule has 3 rings (SSSR count). The minimum atomic E-state index is -4.10. The Labute approximate surface area is 245 Å². The Kier molecular flexibility index (Phi) is 12.2. The topological polar surface area (TPSA) is 35.5 Å². The molecule has 41 heavy (non-hydrogen) atoms.